The maximum absolute atomic E-state index is 12.0. The van der Waals surface area contributed by atoms with Crippen LogP contribution >= 0.6 is 0 Å². The zero-order valence-electron chi connectivity index (χ0n) is 10.1. The van der Waals surface area contributed by atoms with E-state index < -0.39 is 0 Å². The number of aromatic nitrogens is 2. The molecule has 1 aliphatic heterocycles. The summed E-state index contributed by atoms with van der Waals surface area (Å²) in [6.07, 6.45) is 3.93. The van der Waals surface area contributed by atoms with Gasteiger partial charge in [0.05, 0.1) is 6.20 Å². The quantitative estimate of drug-likeness (QED) is 0.724. The summed E-state index contributed by atoms with van der Waals surface area (Å²) in [5.41, 5.74) is 6.91. The molecule has 2 heterocycles. The van der Waals surface area contributed by atoms with Gasteiger partial charge in [0, 0.05) is 57.4 Å². The van der Waals surface area contributed by atoms with Crippen molar-refractivity contribution < 1.29 is 4.79 Å². The number of hydrogen-bond acceptors (Lipinski definition) is 4. The van der Waals surface area contributed by atoms with Gasteiger partial charge in [-0.1, -0.05) is 0 Å². The number of nitrogens with zero attached hydrogens (tertiary/aromatic N) is 3. The molecule has 0 saturated carbocycles. The van der Waals surface area contributed by atoms with E-state index in [0.29, 0.717) is 6.42 Å². The van der Waals surface area contributed by atoms with E-state index in [4.69, 9.17) is 5.73 Å². The van der Waals surface area contributed by atoms with Gasteiger partial charge in [-0.2, -0.15) is 5.10 Å². The topological polar surface area (TPSA) is 76.2 Å². The SMILES string of the molecule is Cn1cc(C(N)CC(=O)N2CCNCC2)cn1. The van der Waals surface area contributed by atoms with E-state index in [1.54, 1.807) is 10.9 Å². The summed E-state index contributed by atoms with van der Waals surface area (Å²) in [7, 11) is 1.84. The summed E-state index contributed by atoms with van der Waals surface area (Å²) in [6.45, 7) is 3.29. The third-order valence-electron chi connectivity index (χ3n) is 3.02. The predicted molar refractivity (Wildman–Crippen MR) is 64.2 cm³/mol. The Kier molecular flexibility index (Phi) is 3.75. The first-order valence-electron chi connectivity index (χ1n) is 5.89. The summed E-state index contributed by atoms with van der Waals surface area (Å²) >= 11 is 0. The minimum Gasteiger partial charge on any atom is -0.340 e. The molecule has 0 spiro atoms. The number of carbonyl (C=O) groups is 1. The molecule has 0 aliphatic carbocycles. The minimum atomic E-state index is -0.258. The molecule has 0 bridgehead atoms. The summed E-state index contributed by atoms with van der Waals surface area (Å²) < 4.78 is 1.70. The highest BCUT2D eigenvalue weighted by Crippen LogP contribution is 2.14. The molecule has 1 aromatic rings. The Labute approximate surface area is 101 Å². The van der Waals surface area contributed by atoms with E-state index in [1.807, 2.05) is 18.1 Å². The third-order valence-corrected chi connectivity index (χ3v) is 3.02. The van der Waals surface area contributed by atoms with Crippen molar-refractivity contribution in [1.29, 1.82) is 0 Å². The van der Waals surface area contributed by atoms with E-state index >= 15 is 0 Å². The molecule has 6 heteroatoms. The summed E-state index contributed by atoms with van der Waals surface area (Å²) in [5, 5.41) is 7.28. The number of amides is 1. The van der Waals surface area contributed by atoms with Gasteiger partial charge in [0.15, 0.2) is 0 Å². The van der Waals surface area contributed by atoms with Crippen LogP contribution in [-0.2, 0) is 11.8 Å². The van der Waals surface area contributed by atoms with Gasteiger partial charge in [0.1, 0.15) is 0 Å². The van der Waals surface area contributed by atoms with Crippen LogP contribution in [-0.4, -0.2) is 46.8 Å². The Morgan fingerprint density at radius 1 is 1.59 bits per heavy atom. The number of nitrogens with two attached hydrogens (primary N) is 1. The molecule has 6 nitrogen and oxygen atoms in total. The van der Waals surface area contributed by atoms with Crippen LogP contribution in [0.4, 0.5) is 0 Å². The van der Waals surface area contributed by atoms with Crippen molar-refractivity contribution in [2.45, 2.75) is 12.5 Å². The van der Waals surface area contributed by atoms with E-state index in [2.05, 4.69) is 10.4 Å². The molecular weight excluding hydrogens is 218 g/mol. The van der Waals surface area contributed by atoms with Crippen LogP contribution in [0.1, 0.15) is 18.0 Å². The first kappa shape index (κ1) is 12.1. The van der Waals surface area contributed by atoms with E-state index in [0.717, 1.165) is 31.7 Å². The van der Waals surface area contributed by atoms with Crippen LogP contribution < -0.4 is 11.1 Å². The molecule has 94 valence electrons. The molecule has 3 N–H and O–H groups in total. The molecule has 1 atom stereocenters. The Balaban J connectivity index is 1.89. The molecule has 1 aliphatic rings. The zero-order valence-corrected chi connectivity index (χ0v) is 10.1. The van der Waals surface area contributed by atoms with Crippen LogP contribution in [0.25, 0.3) is 0 Å². The maximum Gasteiger partial charge on any atom is 0.224 e. The van der Waals surface area contributed by atoms with Gasteiger partial charge in [-0.3, -0.25) is 9.48 Å². The fraction of sp³-hybridized carbons (Fsp3) is 0.636. The molecule has 0 aromatic carbocycles. The minimum absolute atomic E-state index is 0.128. The molecule has 1 unspecified atom stereocenters. The van der Waals surface area contributed by atoms with Crippen molar-refractivity contribution in [3.8, 4) is 0 Å². The van der Waals surface area contributed by atoms with Gasteiger partial charge in [0.2, 0.25) is 5.91 Å². The molecule has 1 saturated heterocycles. The van der Waals surface area contributed by atoms with Crippen molar-refractivity contribution in [3.63, 3.8) is 0 Å². The monoisotopic (exact) mass is 237 g/mol. The van der Waals surface area contributed by atoms with Crippen LogP contribution in [0.3, 0.4) is 0 Å². The van der Waals surface area contributed by atoms with Crippen LogP contribution in [0, 0.1) is 0 Å². The number of rotatable bonds is 3. The summed E-state index contributed by atoms with van der Waals surface area (Å²) in [4.78, 5) is 13.8. The average molecular weight is 237 g/mol. The Hall–Kier alpha value is -1.40. The molecule has 17 heavy (non-hydrogen) atoms. The van der Waals surface area contributed by atoms with Gasteiger partial charge in [-0.25, -0.2) is 0 Å². The third kappa shape index (κ3) is 3.04. The van der Waals surface area contributed by atoms with E-state index in [1.165, 1.54) is 0 Å². The lowest BCUT2D eigenvalue weighted by molar-refractivity contribution is -0.132. The molecule has 1 aromatic heterocycles. The number of carbonyl (C=O) groups excluding carboxylic acids is 1. The second kappa shape index (κ2) is 5.29. The summed E-state index contributed by atoms with van der Waals surface area (Å²) in [5.74, 6) is 0.128. The highest BCUT2D eigenvalue weighted by atomic mass is 16.2. The average Bonchev–Trinajstić information content (AvgIpc) is 2.77. The first-order chi connectivity index (χ1) is 8.16. The van der Waals surface area contributed by atoms with Crippen LogP contribution in [0.15, 0.2) is 12.4 Å². The van der Waals surface area contributed by atoms with Gasteiger partial charge >= 0.3 is 0 Å². The number of hydrogen-bond donors (Lipinski definition) is 2. The molecular formula is C11H19N5O. The first-order valence-corrected chi connectivity index (χ1v) is 5.89. The molecule has 1 fully saturated rings. The van der Waals surface area contributed by atoms with Crippen LogP contribution in [0.2, 0.25) is 0 Å². The lowest BCUT2D eigenvalue weighted by atomic mass is 10.1. The van der Waals surface area contributed by atoms with Gasteiger partial charge in [-0.05, 0) is 0 Å². The van der Waals surface area contributed by atoms with Crippen molar-refractivity contribution in [3.05, 3.63) is 18.0 Å². The number of piperazine rings is 1. The second-order valence-corrected chi connectivity index (χ2v) is 4.39. The summed E-state index contributed by atoms with van der Waals surface area (Å²) in [6, 6.07) is -0.258. The van der Waals surface area contributed by atoms with Gasteiger partial charge < -0.3 is 16.0 Å². The van der Waals surface area contributed by atoms with Crippen molar-refractivity contribution in [2.75, 3.05) is 26.2 Å². The van der Waals surface area contributed by atoms with Crippen LogP contribution in [0.5, 0.6) is 0 Å². The molecule has 2 rings (SSSR count). The Bertz CT molecular complexity index is 383. The number of aryl methyl sites for hydroxylation is 1. The van der Waals surface area contributed by atoms with Crippen molar-refractivity contribution in [2.24, 2.45) is 12.8 Å². The maximum atomic E-state index is 12.0. The fourth-order valence-corrected chi connectivity index (χ4v) is 1.98. The van der Waals surface area contributed by atoms with Crippen molar-refractivity contribution >= 4 is 5.91 Å². The van der Waals surface area contributed by atoms with Gasteiger partial charge in [0.25, 0.3) is 0 Å². The largest absolute Gasteiger partial charge is 0.340 e. The van der Waals surface area contributed by atoms with Crippen molar-refractivity contribution in [1.82, 2.24) is 20.0 Å². The predicted octanol–water partition coefficient (Wildman–Crippen LogP) is -0.758. The standard InChI is InChI=1S/C11H19N5O/c1-15-8-9(7-14-15)10(12)6-11(17)16-4-2-13-3-5-16/h7-8,10,13H,2-6,12H2,1H3. The van der Waals surface area contributed by atoms with Gasteiger partial charge in [-0.15, -0.1) is 0 Å². The fourth-order valence-electron chi connectivity index (χ4n) is 1.98. The lowest BCUT2D eigenvalue weighted by Gasteiger charge is -2.28. The normalized spacial score (nSPS) is 18.1. The smallest absolute Gasteiger partial charge is 0.224 e. The Morgan fingerprint density at radius 3 is 2.88 bits per heavy atom. The number of nitrogens with one attached hydrogen (secondary N) is 1. The Morgan fingerprint density at radius 2 is 2.29 bits per heavy atom. The highest BCUT2D eigenvalue weighted by molar-refractivity contribution is 5.77. The molecule has 0 radical (unpaired) electrons. The lowest BCUT2D eigenvalue weighted by Crippen LogP contribution is -2.47. The second-order valence-electron chi connectivity index (χ2n) is 4.39. The zero-order chi connectivity index (χ0) is 12.3. The van der Waals surface area contributed by atoms with E-state index in [-0.39, 0.29) is 11.9 Å². The van der Waals surface area contributed by atoms with E-state index in [9.17, 15) is 4.79 Å². The molecule has 1 amide bonds. The highest BCUT2D eigenvalue weighted by Gasteiger charge is 2.20.